The zero-order valence-electron chi connectivity index (χ0n) is 13.8. The number of carbonyl (C=O) groups is 1. The Morgan fingerprint density at radius 3 is 2.92 bits per heavy atom. The molecule has 3 rings (SSSR count). The lowest BCUT2D eigenvalue weighted by molar-refractivity contribution is 0.0946. The van der Waals surface area contributed by atoms with Gasteiger partial charge in [-0.05, 0) is 35.0 Å². The van der Waals surface area contributed by atoms with E-state index in [0.29, 0.717) is 12.4 Å². The van der Waals surface area contributed by atoms with E-state index in [2.05, 4.69) is 25.9 Å². The summed E-state index contributed by atoms with van der Waals surface area (Å²) in [5.41, 5.74) is 7.12. The number of H-pyrrole nitrogens is 1. The first-order chi connectivity index (χ1) is 12.7. The summed E-state index contributed by atoms with van der Waals surface area (Å²) in [6.07, 6.45) is 0. The number of amides is 1. The third-order valence-electron chi connectivity index (χ3n) is 3.55. The molecule has 0 saturated heterocycles. The lowest BCUT2D eigenvalue weighted by atomic mass is 10.1. The van der Waals surface area contributed by atoms with Crippen molar-refractivity contribution < 1.29 is 13.9 Å². The summed E-state index contributed by atoms with van der Waals surface area (Å²) in [5.74, 6) is -0.216. The fraction of sp³-hybridized carbons (Fsp3) is 0.176. The molecular formula is C17H17FN6O2. The number of hydrogen-bond acceptors (Lipinski definition) is 6. The Hall–Kier alpha value is -3.33. The number of benzene rings is 2. The Balaban J connectivity index is 1.71. The molecule has 0 spiro atoms. The van der Waals surface area contributed by atoms with E-state index in [-0.39, 0.29) is 24.5 Å². The van der Waals surface area contributed by atoms with Crippen LogP contribution in [0.4, 0.5) is 4.39 Å². The molecule has 9 heteroatoms. The molecule has 0 aliphatic carbocycles. The highest BCUT2D eigenvalue weighted by atomic mass is 19.1. The Morgan fingerprint density at radius 1 is 1.27 bits per heavy atom. The number of ether oxygens (including phenoxy) is 1. The number of nitrogens with zero attached hydrogens (tertiary/aromatic N) is 3. The number of nitrogens with one attached hydrogen (secondary N) is 2. The minimum absolute atomic E-state index is 0.118. The Kier molecular flexibility index (Phi) is 5.49. The Bertz CT molecular complexity index is 885. The van der Waals surface area contributed by atoms with E-state index < -0.39 is 11.7 Å². The fourth-order valence-electron chi connectivity index (χ4n) is 2.36. The third kappa shape index (κ3) is 4.19. The van der Waals surface area contributed by atoms with Gasteiger partial charge < -0.3 is 15.8 Å². The van der Waals surface area contributed by atoms with Crippen molar-refractivity contribution in [2.75, 3.05) is 13.2 Å². The second kappa shape index (κ2) is 8.17. The summed E-state index contributed by atoms with van der Waals surface area (Å²) in [5, 5.41) is 16.5. The molecule has 0 bridgehead atoms. The fourth-order valence-corrected chi connectivity index (χ4v) is 2.36. The summed E-state index contributed by atoms with van der Waals surface area (Å²) in [6, 6.07) is 11.1. The van der Waals surface area contributed by atoms with Gasteiger partial charge in [0.25, 0.3) is 5.91 Å². The van der Waals surface area contributed by atoms with E-state index in [1.165, 1.54) is 12.1 Å². The predicted octanol–water partition coefficient (Wildman–Crippen LogP) is 1.27. The van der Waals surface area contributed by atoms with Crippen LogP contribution in [0, 0.1) is 5.82 Å². The van der Waals surface area contributed by atoms with Gasteiger partial charge in [-0.2, -0.15) is 5.21 Å². The maximum atomic E-state index is 13.5. The van der Waals surface area contributed by atoms with Crippen LogP contribution in [-0.4, -0.2) is 39.7 Å². The molecule has 0 aliphatic heterocycles. The van der Waals surface area contributed by atoms with Gasteiger partial charge in [0.05, 0.1) is 5.56 Å². The van der Waals surface area contributed by atoms with Crippen molar-refractivity contribution >= 4 is 5.91 Å². The SMILES string of the molecule is NCCOc1ccc(F)cc1C(=O)NCc1cccc(-c2nn[nH]n2)c1. The van der Waals surface area contributed by atoms with Crippen LogP contribution in [0.25, 0.3) is 11.4 Å². The normalized spacial score (nSPS) is 10.5. The van der Waals surface area contributed by atoms with Crippen molar-refractivity contribution in [2.45, 2.75) is 6.54 Å². The highest BCUT2D eigenvalue weighted by molar-refractivity contribution is 5.96. The zero-order valence-corrected chi connectivity index (χ0v) is 13.8. The molecule has 134 valence electrons. The van der Waals surface area contributed by atoms with Gasteiger partial charge in [-0.25, -0.2) is 4.39 Å². The molecule has 1 aromatic heterocycles. The topological polar surface area (TPSA) is 119 Å². The summed E-state index contributed by atoms with van der Waals surface area (Å²) >= 11 is 0. The van der Waals surface area contributed by atoms with Crippen molar-refractivity contribution in [3.05, 3.63) is 59.4 Å². The number of rotatable bonds is 7. The Morgan fingerprint density at radius 2 is 2.15 bits per heavy atom. The number of aromatic nitrogens is 4. The molecule has 26 heavy (non-hydrogen) atoms. The van der Waals surface area contributed by atoms with E-state index >= 15 is 0 Å². The Labute approximate surface area is 148 Å². The maximum absolute atomic E-state index is 13.5. The average molecular weight is 356 g/mol. The first-order valence-electron chi connectivity index (χ1n) is 7.91. The van der Waals surface area contributed by atoms with E-state index in [9.17, 15) is 9.18 Å². The van der Waals surface area contributed by atoms with Gasteiger partial charge in [0, 0.05) is 18.7 Å². The summed E-state index contributed by atoms with van der Waals surface area (Å²) in [6.45, 7) is 0.775. The van der Waals surface area contributed by atoms with Crippen molar-refractivity contribution in [3.63, 3.8) is 0 Å². The van der Waals surface area contributed by atoms with Crippen molar-refractivity contribution in [2.24, 2.45) is 5.73 Å². The van der Waals surface area contributed by atoms with E-state index in [1.54, 1.807) is 0 Å². The van der Waals surface area contributed by atoms with Crippen molar-refractivity contribution in [1.29, 1.82) is 0 Å². The molecule has 0 saturated carbocycles. The minimum Gasteiger partial charge on any atom is -0.491 e. The van der Waals surface area contributed by atoms with Crippen molar-refractivity contribution in [1.82, 2.24) is 25.9 Å². The predicted molar refractivity (Wildman–Crippen MR) is 91.7 cm³/mol. The number of nitrogens with two attached hydrogens (primary N) is 1. The average Bonchev–Trinajstić information content (AvgIpc) is 3.20. The van der Waals surface area contributed by atoms with Gasteiger partial charge in [-0.3, -0.25) is 4.79 Å². The van der Waals surface area contributed by atoms with Crippen LogP contribution in [-0.2, 0) is 6.54 Å². The molecule has 1 amide bonds. The largest absolute Gasteiger partial charge is 0.491 e. The van der Waals surface area contributed by atoms with Gasteiger partial charge in [-0.15, -0.1) is 10.2 Å². The molecular weight excluding hydrogens is 339 g/mol. The zero-order chi connectivity index (χ0) is 18.4. The minimum atomic E-state index is -0.519. The van der Waals surface area contributed by atoms with Gasteiger partial charge in [0.15, 0.2) is 0 Å². The molecule has 3 aromatic rings. The smallest absolute Gasteiger partial charge is 0.255 e. The molecule has 4 N–H and O–H groups in total. The van der Waals surface area contributed by atoms with E-state index in [1.807, 2.05) is 24.3 Å². The summed E-state index contributed by atoms with van der Waals surface area (Å²) in [7, 11) is 0. The van der Waals surface area contributed by atoms with Crippen LogP contribution in [0.2, 0.25) is 0 Å². The lowest BCUT2D eigenvalue weighted by Crippen LogP contribution is -2.24. The molecule has 0 fully saturated rings. The molecule has 2 aromatic carbocycles. The number of aromatic amines is 1. The third-order valence-corrected chi connectivity index (χ3v) is 3.55. The molecule has 8 nitrogen and oxygen atoms in total. The van der Waals surface area contributed by atoms with E-state index in [0.717, 1.165) is 17.2 Å². The maximum Gasteiger partial charge on any atom is 0.255 e. The van der Waals surface area contributed by atoms with E-state index in [4.69, 9.17) is 10.5 Å². The first kappa shape index (κ1) is 17.5. The van der Waals surface area contributed by atoms with Crippen molar-refractivity contribution in [3.8, 4) is 17.1 Å². The van der Waals surface area contributed by atoms with Crippen LogP contribution in [0.1, 0.15) is 15.9 Å². The molecule has 0 radical (unpaired) electrons. The van der Waals surface area contributed by atoms with Crippen LogP contribution in [0.15, 0.2) is 42.5 Å². The highest BCUT2D eigenvalue weighted by Crippen LogP contribution is 2.20. The quantitative estimate of drug-likeness (QED) is 0.587. The number of carbonyl (C=O) groups excluding carboxylic acids is 1. The second-order valence-corrected chi connectivity index (χ2v) is 5.40. The lowest BCUT2D eigenvalue weighted by Gasteiger charge is -2.11. The summed E-state index contributed by atoms with van der Waals surface area (Å²) in [4.78, 5) is 12.4. The molecule has 1 heterocycles. The van der Waals surface area contributed by atoms with Crippen LogP contribution in [0.3, 0.4) is 0 Å². The van der Waals surface area contributed by atoms with Gasteiger partial charge >= 0.3 is 0 Å². The summed E-state index contributed by atoms with van der Waals surface area (Å²) < 4.78 is 18.9. The second-order valence-electron chi connectivity index (χ2n) is 5.40. The molecule has 0 aliphatic rings. The monoisotopic (exact) mass is 356 g/mol. The highest BCUT2D eigenvalue weighted by Gasteiger charge is 2.14. The molecule has 0 unspecified atom stereocenters. The van der Waals surface area contributed by atoms with Crippen LogP contribution < -0.4 is 15.8 Å². The van der Waals surface area contributed by atoms with Gasteiger partial charge in [-0.1, -0.05) is 18.2 Å². The van der Waals surface area contributed by atoms with Crippen LogP contribution in [0.5, 0.6) is 5.75 Å². The number of tetrazole rings is 1. The van der Waals surface area contributed by atoms with Crippen LogP contribution >= 0.6 is 0 Å². The first-order valence-corrected chi connectivity index (χ1v) is 7.91. The molecule has 0 atom stereocenters. The standard InChI is InChI=1S/C17H17FN6O2/c18-13-4-5-15(26-7-6-19)14(9-13)17(25)20-10-11-2-1-3-12(8-11)16-21-23-24-22-16/h1-5,8-9H,6-7,10,19H2,(H,20,25)(H,21,22,23,24). The number of hydrogen-bond donors (Lipinski definition) is 3. The van der Waals surface area contributed by atoms with Gasteiger partial charge in [0.2, 0.25) is 5.82 Å². The number of halogens is 1. The van der Waals surface area contributed by atoms with Gasteiger partial charge in [0.1, 0.15) is 18.2 Å².